The number of alkyl halides is 3. The third kappa shape index (κ3) is 8.10. The molecule has 1 aliphatic carbocycles. The van der Waals surface area contributed by atoms with Crippen molar-refractivity contribution in [2.24, 2.45) is 4.99 Å². The van der Waals surface area contributed by atoms with Crippen LogP contribution in [0.15, 0.2) is 85.9 Å². The molecule has 13 nitrogen and oxygen atoms in total. The Kier molecular flexibility index (Phi) is 9.67. The maximum atomic E-state index is 12.8. The smallest absolute Gasteiger partial charge is 0.456 e. The van der Waals surface area contributed by atoms with E-state index >= 15 is 0 Å². The van der Waals surface area contributed by atoms with Gasteiger partial charge in [-0.15, -0.1) is 4.13 Å². The fourth-order valence-electron chi connectivity index (χ4n) is 5.22. The number of benzene rings is 4. The Labute approximate surface area is 291 Å². The van der Waals surface area contributed by atoms with Gasteiger partial charge in [0.05, 0.1) is 27.1 Å². The zero-order valence-electron chi connectivity index (χ0n) is 27.2. The van der Waals surface area contributed by atoms with Gasteiger partial charge in [-0.05, 0) is 98.5 Å². The molecule has 3 aromatic carbocycles. The molecular weight excluding hydrogens is 758 g/mol. The Bertz CT molecular complexity index is 2710. The topological polar surface area (TPSA) is 198 Å². The number of anilines is 2. The fourth-order valence-corrected chi connectivity index (χ4v) is 10.5. The van der Waals surface area contributed by atoms with Crippen LogP contribution in [0.4, 0.5) is 30.2 Å². The van der Waals surface area contributed by atoms with Crippen molar-refractivity contribution in [2.45, 2.75) is 43.0 Å². The number of fused-ring (bicyclic) bond motifs is 2. The van der Waals surface area contributed by atoms with Crippen LogP contribution in [-0.2, 0) is 40.1 Å². The summed E-state index contributed by atoms with van der Waals surface area (Å²) >= 11 is 0. The van der Waals surface area contributed by atoms with Crippen molar-refractivity contribution < 1.29 is 51.3 Å². The van der Waals surface area contributed by atoms with Crippen LogP contribution in [0.3, 0.4) is 0 Å². The van der Waals surface area contributed by atoms with E-state index in [2.05, 4.69) is 10.3 Å². The van der Waals surface area contributed by atoms with Crippen molar-refractivity contribution in [1.82, 2.24) is 8.25 Å². The number of sulfonamides is 4. The van der Waals surface area contributed by atoms with E-state index in [0.29, 0.717) is 50.3 Å². The number of aryl methyl sites for hydroxylation is 3. The number of hydrogen-bond donors (Lipinski definition) is 3. The molecular formula is C31H29F3N4O9S4. The second kappa shape index (κ2) is 13.0. The summed E-state index contributed by atoms with van der Waals surface area (Å²) in [6.07, 6.45) is 0.735. The van der Waals surface area contributed by atoms with Crippen molar-refractivity contribution in [3.05, 3.63) is 94.3 Å². The van der Waals surface area contributed by atoms with Gasteiger partial charge >= 0.3 is 15.5 Å². The normalized spacial score (nSPS) is 13.6. The van der Waals surface area contributed by atoms with Crippen molar-refractivity contribution in [1.29, 1.82) is 0 Å². The average molecular weight is 787 g/mol. The zero-order valence-corrected chi connectivity index (χ0v) is 30.5. The molecule has 1 aliphatic heterocycles. The third-order valence-electron chi connectivity index (χ3n) is 7.53. The van der Waals surface area contributed by atoms with Gasteiger partial charge in [0, 0.05) is 34.5 Å². The van der Waals surface area contributed by atoms with Crippen molar-refractivity contribution in [2.75, 3.05) is 11.6 Å². The Morgan fingerprint density at radius 2 is 1.35 bits per heavy atom. The van der Waals surface area contributed by atoms with Crippen LogP contribution in [-0.4, -0.2) is 45.4 Å². The van der Waals surface area contributed by atoms with Gasteiger partial charge in [-0.1, -0.05) is 10.2 Å². The highest BCUT2D eigenvalue weighted by Crippen LogP contribution is 2.34. The van der Waals surface area contributed by atoms with Gasteiger partial charge in [-0.25, -0.2) is 38.7 Å². The molecule has 51 heavy (non-hydrogen) atoms. The van der Waals surface area contributed by atoms with Crippen LogP contribution < -0.4 is 18.9 Å². The summed E-state index contributed by atoms with van der Waals surface area (Å²) in [5, 5.41) is 4.26. The lowest BCUT2D eigenvalue weighted by Crippen LogP contribution is -2.40. The van der Waals surface area contributed by atoms with Crippen LogP contribution in [0, 0.1) is 27.7 Å². The predicted octanol–water partition coefficient (Wildman–Crippen LogP) is 5.11. The summed E-state index contributed by atoms with van der Waals surface area (Å²) in [5.41, 5.74) is -2.01. The standard InChI is InChI=1S/C31H29F3N4O9S4/c1-17-6-11-28(50(43,44)37-48(5,39)40)20(4)30(17)36-24-10-8-22-14-21-7-9-23(15-26(21)47-27(22)16-24)35-29-18(2)12-25(13-19(29)3)49(41,42)38-51(45,46)31(32,33)34/h6-16,35,37-38H,1-5H3/b36-24+. The minimum Gasteiger partial charge on any atom is -0.456 e. The molecule has 0 atom stereocenters. The molecule has 3 N–H and O–H groups in total. The third-order valence-corrected chi connectivity index (χ3v) is 13.9. The van der Waals surface area contributed by atoms with E-state index in [1.807, 2.05) is 6.07 Å². The van der Waals surface area contributed by atoms with Crippen molar-refractivity contribution >= 4 is 68.1 Å². The number of nitrogens with one attached hydrogen (secondary N) is 3. The Morgan fingerprint density at radius 3 is 1.96 bits per heavy atom. The first-order valence-corrected chi connectivity index (χ1v) is 20.8. The van der Waals surface area contributed by atoms with Gasteiger partial charge in [-0.2, -0.15) is 13.2 Å². The van der Waals surface area contributed by atoms with E-state index in [1.54, 1.807) is 47.4 Å². The molecule has 3 aromatic rings. The molecule has 5 rings (SSSR count). The first-order chi connectivity index (χ1) is 23.4. The molecule has 0 unspecified atom stereocenters. The van der Waals surface area contributed by atoms with Crippen LogP contribution in [0.2, 0.25) is 0 Å². The number of nitrogens with zero attached hydrogens (tertiary/aromatic N) is 1. The Morgan fingerprint density at radius 1 is 0.706 bits per heavy atom. The molecule has 0 bridgehead atoms. The van der Waals surface area contributed by atoms with Gasteiger partial charge in [0.15, 0.2) is 0 Å². The second-order valence-corrected chi connectivity index (χ2v) is 18.9. The molecule has 0 amide bonds. The minimum atomic E-state index is -6.17. The molecule has 1 heterocycles. The summed E-state index contributed by atoms with van der Waals surface area (Å²) in [5.74, 6) is 0.418. The molecule has 0 aromatic heterocycles. The molecule has 0 spiro atoms. The maximum Gasteiger partial charge on any atom is 0.512 e. The van der Waals surface area contributed by atoms with Crippen molar-refractivity contribution in [3.63, 3.8) is 0 Å². The van der Waals surface area contributed by atoms with E-state index in [0.717, 1.165) is 22.5 Å². The number of halogens is 3. The van der Waals surface area contributed by atoms with Crippen LogP contribution in [0.25, 0.3) is 22.3 Å². The summed E-state index contributed by atoms with van der Waals surface area (Å²) < 4.78 is 144. The van der Waals surface area contributed by atoms with E-state index in [4.69, 9.17) is 4.42 Å². The van der Waals surface area contributed by atoms with Crippen molar-refractivity contribution in [3.8, 4) is 11.3 Å². The van der Waals surface area contributed by atoms with Gasteiger partial charge < -0.3 is 9.73 Å². The Balaban J connectivity index is 1.50. The summed E-state index contributed by atoms with van der Waals surface area (Å²) in [6.45, 7) is 6.23. The molecule has 0 saturated heterocycles. The summed E-state index contributed by atoms with van der Waals surface area (Å²) in [4.78, 5) is 3.71. The lowest BCUT2D eigenvalue weighted by atomic mass is 10.1. The fraction of sp³-hybridized carbons (Fsp3) is 0.194. The highest BCUT2D eigenvalue weighted by molar-refractivity contribution is 8.05. The molecule has 272 valence electrons. The monoisotopic (exact) mass is 786 g/mol. The van der Waals surface area contributed by atoms with E-state index in [-0.39, 0.29) is 21.6 Å². The maximum absolute atomic E-state index is 12.8. The van der Waals surface area contributed by atoms with Gasteiger partial charge in [0.1, 0.15) is 11.3 Å². The first-order valence-electron chi connectivity index (χ1n) is 14.5. The average Bonchev–Trinajstić information content (AvgIpc) is 2.97. The van der Waals surface area contributed by atoms with Crippen LogP contribution in [0.5, 0.6) is 0 Å². The van der Waals surface area contributed by atoms with E-state index in [9.17, 15) is 46.8 Å². The number of hydrogen-bond acceptors (Lipinski definition) is 11. The van der Waals surface area contributed by atoms with Gasteiger partial charge in [-0.3, -0.25) is 0 Å². The van der Waals surface area contributed by atoms with Crippen LogP contribution in [0.1, 0.15) is 22.3 Å². The van der Waals surface area contributed by atoms with Gasteiger partial charge in [0.25, 0.3) is 20.0 Å². The molecule has 0 saturated carbocycles. The summed E-state index contributed by atoms with van der Waals surface area (Å²) in [7, 11) is -19.7. The predicted molar refractivity (Wildman–Crippen MR) is 184 cm³/mol. The second-order valence-electron chi connectivity index (χ2n) is 11.6. The lowest BCUT2D eigenvalue weighted by Gasteiger charge is -2.16. The van der Waals surface area contributed by atoms with E-state index < -0.39 is 50.5 Å². The molecule has 0 fully saturated rings. The van der Waals surface area contributed by atoms with E-state index in [1.165, 1.54) is 32.9 Å². The van der Waals surface area contributed by atoms with Crippen LogP contribution >= 0.6 is 0 Å². The Hall–Kier alpha value is -4.34. The largest absolute Gasteiger partial charge is 0.512 e. The highest BCUT2D eigenvalue weighted by Gasteiger charge is 2.48. The lowest BCUT2D eigenvalue weighted by molar-refractivity contribution is -0.0441. The number of rotatable bonds is 9. The molecule has 20 heteroatoms. The SMILES string of the molecule is Cc1ccc(S(=O)(=O)NS(C)(=O)=O)c(C)c1/N=c1\ccc2cc3ccc(Nc4c(C)cc(S(=O)(=O)NS(=O)(=O)C(F)(F)F)cc4C)cc3oc-2c1. The molecule has 2 aliphatic rings. The van der Waals surface area contributed by atoms with Gasteiger partial charge in [0.2, 0.25) is 10.0 Å². The quantitative estimate of drug-likeness (QED) is 0.169. The molecule has 0 radical (unpaired) electrons. The zero-order chi connectivity index (χ0) is 37.9. The summed E-state index contributed by atoms with van der Waals surface area (Å²) in [6, 6.07) is 17.0. The minimum absolute atomic E-state index is 0.233. The highest BCUT2D eigenvalue weighted by atomic mass is 32.3. The first kappa shape index (κ1) is 37.9.